The molecule has 0 radical (unpaired) electrons. The Morgan fingerprint density at radius 2 is 1.20 bits per heavy atom. The Hall–Kier alpha value is 0.700. The van der Waals surface area contributed by atoms with Gasteiger partial charge in [0.05, 0.1) is 0 Å². The van der Waals surface area contributed by atoms with Crippen molar-refractivity contribution in [1.82, 2.24) is 0 Å². The molecular formula is C8H16S2. The maximum absolute atomic E-state index is 4.48. The SMILES string of the molecule is CC1CC(S)C(S)CC1C. The zero-order valence-electron chi connectivity index (χ0n) is 6.62. The van der Waals surface area contributed by atoms with Crippen LogP contribution in [0, 0.1) is 11.8 Å². The smallest absolute Gasteiger partial charge is 0.0136 e. The van der Waals surface area contributed by atoms with Crippen LogP contribution in [0.2, 0.25) is 0 Å². The Morgan fingerprint density at radius 1 is 0.900 bits per heavy atom. The minimum atomic E-state index is 0.523. The fourth-order valence-electron chi connectivity index (χ4n) is 1.54. The summed E-state index contributed by atoms with van der Waals surface area (Å²) in [6.07, 6.45) is 2.47. The van der Waals surface area contributed by atoms with Crippen LogP contribution >= 0.6 is 25.3 Å². The highest BCUT2D eigenvalue weighted by Crippen LogP contribution is 2.34. The second-order valence-corrected chi connectivity index (χ2v) is 4.89. The van der Waals surface area contributed by atoms with Gasteiger partial charge in [0, 0.05) is 10.5 Å². The van der Waals surface area contributed by atoms with Gasteiger partial charge >= 0.3 is 0 Å². The lowest BCUT2D eigenvalue weighted by atomic mass is 9.81. The molecular weight excluding hydrogens is 160 g/mol. The van der Waals surface area contributed by atoms with Crippen LogP contribution < -0.4 is 0 Å². The maximum Gasteiger partial charge on any atom is 0.0136 e. The number of thiol groups is 2. The minimum absolute atomic E-state index is 0.523. The molecule has 0 N–H and O–H groups in total. The highest BCUT2D eigenvalue weighted by atomic mass is 32.1. The lowest BCUT2D eigenvalue weighted by Gasteiger charge is -2.33. The van der Waals surface area contributed by atoms with Gasteiger partial charge in [-0.05, 0) is 24.7 Å². The van der Waals surface area contributed by atoms with Crippen LogP contribution in [0.3, 0.4) is 0 Å². The molecule has 4 atom stereocenters. The molecule has 0 aromatic rings. The summed E-state index contributed by atoms with van der Waals surface area (Å²) in [6.45, 7) is 4.63. The van der Waals surface area contributed by atoms with Crippen molar-refractivity contribution < 1.29 is 0 Å². The van der Waals surface area contributed by atoms with Crippen LogP contribution in [-0.4, -0.2) is 10.5 Å². The van der Waals surface area contributed by atoms with Crippen molar-refractivity contribution in [3.05, 3.63) is 0 Å². The van der Waals surface area contributed by atoms with E-state index in [1.165, 1.54) is 12.8 Å². The molecule has 0 aliphatic heterocycles. The van der Waals surface area contributed by atoms with E-state index < -0.39 is 0 Å². The minimum Gasteiger partial charge on any atom is -0.175 e. The van der Waals surface area contributed by atoms with E-state index in [1.54, 1.807) is 0 Å². The van der Waals surface area contributed by atoms with Crippen molar-refractivity contribution in [2.75, 3.05) is 0 Å². The first-order chi connectivity index (χ1) is 4.61. The summed E-state index contributed by atoms with van der Waals surface area (Å²) in [6, 6.07) is 0. The fourth-order valence-corrected chi connectivity index (χ4v) is 2.45. The van der Waals surface area contributed by atoms with Gasteiger partial charge in [-0.2, -0.15) is 25.3 Å². The average molecular weight is 176 g/mol. The first-order valence-electron chi connectivity index (χ1n) is 3.97. The second kappa shape index (κ2) is 3.40. The molecule has 0 nitrogen and oxygen atoms in total. The first-order valence-corrected chi connectivity index (χ1v) is 5.00. The lowest BCUT2D eigenvalue weighted by molar-refractivity contribution is 0.291. The molecule has 0 aromatic heterocycles. The van der Waals surface area contributed by atoms with Gasteiger partial charge in [0.25, 0.3) is 0 Å². The van der Waals surface area contributed by atoms with E-state index in [2.05, 4.69) is 39.1 Å². The molecule has 1 fully saturated rings. The molecule has 0 aromatic carbocycles. The zero-order chi connectivity index (χ0) is 7.72. The predicted octanol–water partition coefficient (Wildman–Crippen LogP) is 2.65. The molecule has 0 amide bonds. The van der Waals surface area contributed by atoms with E-state index >= 15 is 0 Å². The van der Waals surface area contributed by atoms with Crippen molar-refractivity contribution in [1.29, 1.82) is 0 Å². The Bertz CT molecular complexity index is 87.8. The van der Waals surface area contributed by atoms with Crippen molar-refractivity contribution in [3.63, 3.8) is 0 Å². The van der Waals surface area contributed by atoms with Crippen molar-refractivity contribution >= 4 is 25.3 Å². The average Bonchev–Trinajstić information content (AvgIpc) is 1.84. The highest BCUT2D eigenvalue weighted by molar-refractivity contribution is 7.85. The third kappa shape index (κ3) is 1.85. The quantitative estimate of drug-likeness (QED) is 0.521. The zero-order valence-corrected chi connectivity index (χ0v) is 8.41. The van der Waals surface area contributed by atoms with Gasteiger partial charge in [0.1, 0.15) is 0 Å². The molecule has 1 rings (SSSR count). The van der Waals surface area contributed by atoms with E-state index in [0.717, 1.165) is 11.8 Å². The van der Waals surface area contributed by atoms with Crippen molar-refractivity contribution in [3.8, 4) is 0 Å². The molecule has 10 heavy (non-hydrogen) atoms. The molecule has 60 valence electrons. The second-order valence-electron chi connectivity index (χ2n) is 3.56. The van der Waals surface area contributed by atoms with E-state index in [0.29, 0.717) is 10.5 Å². The van der Waals surface area contributed by atoms with Crippen LogP contribution in [0.4, 0.5) is 0 Å². The van der Waals surface area contributed by atoms with Gasteiger partial charge < -0.3 is 0 Å². The maximum atomic E-state index is 4.48. The van der Waals surface area contributed by atoms with Crippen LogP contribution in [0.5, 0.6) is 0 Å². The predicted molar refractivity (Wildman–Crippen MR) is 53.1 cm³/mol. The van der Waals surface area contributed by atoms with Gasteiger partial charge in [0.2, 0.25) is 0 Å². The Morgan fingerprint density at radius 3 is 1.50 bits per heavy atom. The summed E-state index contributed by atoms with van der Waals surface area (Å²) in [4.78, 5) is 0. The Labute approximate surface area is 74.6 Å². The highest BCUT2D eigenvalue weighted by Gasteiger charge is 2.28. The number of rotatable bonds is 0. The standard InChI is InChI=1S/C8H16S2/c1-5-3-7(9)8(10)4-6(5)2/h5-10H,3-4H2,1-2H3. The van der Waals surface area contributed by atoms with Crippen molar-refractivity contribution in [2.24, 2.45) is 11.8 Å². The van der Waals surface area contributed by atoms with Crippen LogP contribution in [0.25, 0.3) is 0 Å². The van der Waals surface area contributed by atoms with Crippen LogP contribution in [0.15, 0.2) is 0 Å². The largest absolute Gasteiger partial charge is 0.175 e. The van der Waals surface area contributed by atoms with Crippen molar-refractivity contribution in [2.45, 2.75) is 37.2 Å². The summed E-state index contributed by atoms with van der Waals surface area (Å²) >= 11 is 8.96. The first kappa shape index (κ1) is 8.79. The third-order valence-corrected chi connectivity index (χ3v) is 4.02. The van der Waals surface area contributed by atoms with Crippen LogP contribution in [0.1, 0.15) is 26.7 Å². The Balaban J connectivity index is 2.46. The van der Waals surface area contributed by atoms with Gasteiger partial charge in [0.15, 0.2) is 0 Å². The molecule has 0 bridgehead atoms. The number of hydrogen-bond donors (Lipinski definition) is 2. The monoisotopic (exact) mass is 176 g/mol. The molecule has 1 saturated carbocycles. The summed E-state index contributed by atoms with van der Waals surface area (Å²) in [7, 11) is 0. The molecule has 1 aliphatic rings. The number of hydrogen-bond acceptors (Lipinski definition) is 2. The van der Waals surface area contributed by atoms with E-state index in [4.69, 9.17) is 0 Å². The summed E-state index contributed by atoms with van der Waals surface area (Å²) in [5.41, 5.74) is 0. The van der Waals surface area contributed by atoms with E-state index in [-0.39, 0.29) is 0 Å². The topological polar surface area (TPSA) is 0 Å². The fraction of sp³-hybridized carbons (Fsp3) is 1.00. The molecule has 1 aliphatic carbocycles. The lowest BCUT2D eigenvalue weighted by Crippen LogP contribution is -2.30. The molecule has 0 heterocycles. The molecule has 0 spiro atoms. The van der Waals surface area contributed by atoms with Crippen LogP contribution in [-0.2, 0) is 0 Å². The van der Waals surface area contributed by atoms with Gasteiger partial charge in [-0.25, -0.2) is 0 Å². The summed E-state index contributed by atoms with van der Waals surface area (Å²) in [5, 5.41) is 1.05. The normalized spacial score (nSPS) is 49.2. The van der Waals surface area contributed by atoms with Gasteiger partial charge in [-0.15, -0.1) is 0 Å². The molecule has 2 heteroatoms. The summed E-state index contributed by atoms with van der Waals surface area (Å²) in [5.74, 6) is 1.68. The van der Waals surface area contributed by atoms with Gasteiger partial charge in [-0.1, -0.05) is 13.8 Å². The van der Waals surface area contributed by atoms with E-state index in [1.807, 2.05) is 0 Å². The van der Waals surface area contributed by atoms with Gasteiger partial charge in [-0.3, -0.25) is 0 Å². The van der Waals surface area contributed by atoms with E-state index in [9.17, 15) is 0 Å². The molecule has 4 unspecified atom stereocenters. The third-order valence-electron chi connectivity index (χ3n) is 2.64. The molecule has 0 saturated heterocycles. The summed E-state index contributed by atoms with van der Waals surface area (Å²) < 4.78 is 0. The Kier molecular flexibility index (Phi) is 2.99.